The third kappa shape index (κ3) is 2.85. The Balaban J connectivity index is 2.08. The normalized spacial score (nSPS) is 28.3. The zero-order valence-corrected chi connectivity index (χ0v) is 7.56. The van der Waals surface area contributed by atoms with Crippen LogP contribution in [0.4, 0.5) is 0 Å². The summed E-state index contributed by atoms with van der Waals surface area (Å²) >= 11 is 4.29. The lowest BCUT2D eigenvalue weighted by Crippen LogP contribution is -2.12. The van der Waals surface area contributed by atoms with E-state index in [1.807, 2.05) is 0 Å². The zero-order valence-electron chi connectivity index (χ0n) is 5.93. The van der Waals surface area contributed by atoms with E-state index in [-0.39, 0.29) is 0 Å². The van der Waals surface area contributed by atoms with Crippen LogP contribution in [0.1, 0.15) is 19.8 Å². The van der Waals surface area contributed by atoms with E-state index in [1.54, 1.807) is 0 Å². The summed E-state index contributed by atoms with van der Waals surface area (Å²) in [7, 11) is 0. The minimum atomic E-state index is 0.980. The largest absolute Gasteiger partial charge is 0.160 e. The van der Waals surface area contributed by atoms with Gasteiger partial charge in [0.1, 0.15) is 0 Å². The van der Waals surface area contributed by atoms with Crippen LogP contribution in [-0.4, -0.2) is 22.5 Å². The molecule has 1 aliphatic heterocycles. The molecule has 1 rings (SSSR count). The van der Waals surface area contributed by atoms with Gasteiger partial charge in [0.25, 0.3) is 0 Å². The molecule has 0 spiro atoms. The van der Waals surface area contributed by atoms with Gasteiger partial charge in [-0.3, -0.25) is 0 Å². The molecule has 0 bridgehead atoms. The average molecular weight is 162 g/mol. The minimum absolute atomic E-state index is 0.980. The lowest BCUT2D eigenvalue weighted by atomic mass is 10.3. The molecule has 0 aliphatic carbocycles. The molecule has 0 N–H and O–H groups in total. The summed E-state index contributed by atoms with van der Waals surface area (Å²) in [5.41, 5.74) is 0. The van der Waals surface area contributed by atoms with Crippen LogP contribution in [0.3, 0.4) is 0 Å². The monoisotopic (exact) mass is 162 g/mol. The first-order valence-electron chi connectivity index (χ1n) is 3.63. The molecule has 0 aromatic rings. The topological polar surface area (TPSA) is 0 Å². The van der Waals surface area contributed by atoms with E-state index in [9.17, 15) is 0 Å². The number of hydrogen-bond acceptors (Lipinski definition) is 2. The van der Waals surface area contributed by atoms with Gasteiger partial charge in [-0.1, -0.05) is 13.3 Å². The van der Waals surface area contributed by atoms with E-state index in [0.29, 0.717) is 0 Å². The molecule has 1 unspecified atom stereocenters. The summed E-state index contributed by atoms with van der Waals surface area (Å²) < 4.78 is 0. The Morgan fingerprint density at radius 2 is 2.33 bits per heavy atom. The van der Waals surface area contributed by atoms with Crippen LogP contribution < -0.4 is 0 Å². The van der Waals surface area contributed by atoms with Crippen molar-refractivity contribution in [3.8, 4) is 0 Å². The summed E-state index contributed by atoms with van der Waals surface area (Å²) in [6, 6.07) is 0. The molecule has 1 heterocycles. The highest BCUT2D eigenvalue weighted by atomic mass is 32.2. The highest BCUT2D eigenvalue weighted by Gasteiger charge is 2.11. The molecule has 2 heteroatoms. The van der Waals surface area contributed by atoms with Crippen LogP contribution in [0.2, 0.25) is 0 Å². The van der Waals surface area contributed by atoms with E-state index in [1.165, 1.54) is 30.1 Å². The Bertz CT molecular complexity index is 64.6. The third-order valence-corrected chi connectivity index (χ3v) is 4.41. The van der Waals surface area contributed by atoms with Crippen molar-refractivity contribution in [2.45, 2.75) is 25.0 Å². The van der Waals surface area contributed by atoms with Crippen LogP contribution in [0.15, 0.2) is 0 Å². The molecule has 9 heavy (non-hydrogen) atoms. The van der Waals surface area contributed by atoms with Gasteiger partial charge in [0, 0.05) is 22.5 Å². The van der Waals surface area contributed by atoms with Gasteiger partial charge in [-0.15, -0.1) is 0 Å². The predicted octanol–water partition coefficient (Wildman–Crippen LogP) is 2.64. The van der Waals surface area contributed by atoms with Crippen LogP contribution >= 0.6 is 23.5 Å². The number of hydrogen-bond donors (Lipinski definition) is 0. The minimum Gasteiger partial charge on any atom is -0.160 e. The van der Waals surface area contributed by atoms with Crippen molar-refractivity contribution >= 4 is 23.5 Å². The molecule has 1 saturated heterocycles. The van der Waals surface area contributed by atoms with Gasteiger partial charge in [-0.25, -0.2) is 0 Å². The molecule has 1 atom stereocenters. The summed E-state index contributed by atoms with van der Waals surface area (Å²) in [4.78, 5) is 0. The maximum Gasteiger partial charge on any atom is 0.0138 e. The molecule has 1 fully saturated rings. The fourth-order valence-corrected chi connectivity index (χ4v) is 3.89. The highest BCUT2D eigenvalue weighted by molar-refractivity contribution is 8.06. The molecule has 0 saturated carbocycles. The second-order valence-corrected chi connectivity index (χ2v) is 4.91. The first-order valence-corrected chi connectivity index (χ1v) is 5.83. The SMILES string of the molecule is CCCC1CSCCS1. The Kier molecular flexibility index (Phi) is 3.91. The smallest absolute Gasteiger partial charge is 0.0138 e. The van der Waals surface area contributed by atoms with E-state index in [0.717, 1.165) is 5.25 Å². The van der Waals surface area contributed by atoms with Crippen LogP contribution in [0, 0.1) is 0 Å². The van der Waals surface area contributed by atoms with Crippen LogP contribution in [-0.2, 0) is 0 Å². The number of thioether (sulfide) groups is 2. The fraction of sp³-hybridized carbons (Fsp3) is 1.00. The van der Waals surface area contributed by atoms with E-state index in [4.69, 9.17) is 0 Å². The first kappa shape index (κ1) is 7.80. The van der Waals surface area contributed by atoms with Gasteiger partial charge in [0.05, 0.1) is 0 Å². The van der Waals surface area contributed by atoms with Crippen LogP contribution in [0.25, 0.3) is 0 Å². The predicted molar refractivity (Wildman–Crippen MR) is 48.5 cm³/mol. The Labute approximate surface area is 66.2 Å². The molecule has 0 aromatic heterocycles. The van der Waals surface area contributed by atoms with Crippen molar-refractivity contribution in [1.82, 2.24) is 0 Å². The highest BCUT2D eigenvalue weighted by Crippen LogP contribution is 2.26. The molecule has 54 valence electrons. The van der Waals surface area contributed by atoms with Gasteiger partial charge >= 0.3 is 0 Å². The van der Waals surface area contributed by atoms with Crippen molar-refractivity contribution in [2.24, 2.45) is 0 Å². The molecule has 0 radical (unpaired) electrons. The standard InChI is InChI=1S/C7H14S2/c1-2-3-7-6-8-4-5-9-7/h7H,2-6H2,1H3. The fourth-order valence-electron chi connectivity index (χ4n) is 1.03. The van der Waals surface area contributed by atoms with E-state index < -0.39 is 0 Å². The van der Waals surface area contributed by atoms with Gasteiger partial charge < -0.3 is 0 Å². The molecular weight excluding hydrogens is 148 g/mol. The third-order valence-electron chi connectivity index (χ3n) is 1.50. The molecule has 0 amide bonds. The van der Waals surface area contributed by atoms with Crippen molar-refractivity contribution in [3.05, 3.63) is 0 Å². The van der Waals surface area contributed by atoms with Crippen LogP contribution in [0.5, 0.6) is 0 Å². The summed E-state index contributed by atoms with van der Waals surface area (Å²) in [6.45, 7) is 2.28. The second-order valence-electron chi connectivity index (χ2n) is 2.36. The van der Waals surface area contributed by atoms with Gasteiger partial charge in [0.15, 0.2) is 0 Å². The van der Waals surface area contributed by atoms with E-state index >= 15 is 0 Å². The van der Waals surface area contributed by atoms with Crippen molar-refractivity contribution < 1.29 is 0 Å². The molecule has 1 aliphatic rings. The Morgan fingerprint density at radius 3 is 2.89 bits per heavy atom. The summed E-state index contributed by atoms with van der Waals surface area (Å²) in [5, 5.41) is 0.980. The van der Waals surface area contributed by atoms with Crippen molar-refractivity contribution in [2.75, 3.05) is 17.3 Å². The van der Waals surface area contributed by atoms with E-state index in [2.05, 4.69) is 30.4 Å². The first-order chi connectivity index (χ1) is 4.43. The lowest BCUT2D eigenvalue weighted by molar-refractivity contribution is 0.791. The van der Waals surface area contributed by atoms with Gasteiger partial charge in [0.2, 0.25) is 0 Å². The molecular formula is C7H14S2. The van der Waals surface area contributed by atoms with Crippen molar-refractivity contribution in [1.29, 1.82) is 0 Å². The van der Waals surface area contributed by atoms with Crippen molar-refractivity contribution in [3.63, 3.8) is 0 Å². The quantitative estimate of drug-likeness (QED) is 0.612. The maximum atomic E-state index is 2.28. The average Bonchev–Trinajstić information content (AvgIpc) is 1.91. The Morgan fingerprint density at radius 1 is 1.44 bits per heavy atom. The zero-order chi connectivity index (χ0) is 6.53. The second kappa shape index (κ2) is 4.51. The summed E-state index contributed by atoms with van der Waals surface area (Å²) in [5.74, 6) is 4.17. The number of rotatable bonds is 2. The maximum absolute atomic E-state index is 2.28. The molecule has 0 nitrogen and oxygen atoms in total. The summed E-state index contributed by atoms with van der Waals surface area (Å²) in [6.07, 6.45) is 2.79. The molecule has 0 aromatic carbocycles. The lowest BCUT2D eigenvalue weighted by Gasteiger charge is -2.19. The van der Waals surface area contributed by atoms with Gasteiger partial charge in [-0.2, -0.15) is 23.5 Å². The van der Waals surface area contributed by atoms with Gasteiger partial charge in [-0.05, 0) is 6.42 Å². The Hall–Kier alpha value is 0.700.